The molecule has 0 radical (unpaired) electrons. The van der Waals surface area contributed by atoms with E-state index in [1.54, 1.807) is 11.6 Å². The Morgan fingerprint density at radius 1 is 1.55 bits per heavy atom. The maximum absolute atomic E-state index is 11.8. The maximum atomic E-state index is 11.8. The van der Waals surface area contributed by atoms with Crippen molar-refractivity contribution in [2.75, 3.05) is 5.32 Å². The Morgan fingerprint density at radius 3 is 3.00 bits per heavy atom. The molecule has 2 heterocycles. The second kappa shape index (κ2) is 6.50. The van der Waals surface area contributed by atoms with Crippen molar-refractivity contribution < 1.29 is 4.79 Å². The lowest BCUT2D eigenvalue weighted by Crippen LogP contribution is -2.06. The van der Waals surface area contributed by atoms with Gasteiger partial charge in [-0.15, -0.1) is 11.3 Å². The largest absolute Gasteiger partial charge is 0.293 e. The molecule has 0 aromatic carbocycles. The molecule has 2 aromatic heterocycles. The molecule has 2 rings (SSSR count). The van der Waals surface area contributed by atoms with Crippen LogP contribution in [0.3, 0.4) is 0 Å². The number of rotatable bonds is 3. The van der Waals surface area contributed by atoms with Gasteiger partial charge in [0, 0.05) is 23.0 Å². The zero-order valence-electron chi connectivity index (χ0n) is 11.0. The lowest BCUT2D eigenvalue weighted by molar-refractivity contribution is 0.269. The number of anilines is 1. The molecule has 102 valence electrons. The number of nitrogens with zero attached hydrogens (tertiary/aromatic N) is 3. The van der Waals surface area contributed by atoms with Crippen molar-refractivity contribution in [2.24, 2.45) is 0 Å². The Labute approximate surface area is 125 Å². The Hall–Kier alpha value is -1.91. The van der Waals surface area contributed by atoms with E-state index in [1.165, 1.54) is 11.3 Å². The van der Waals surface area contributed by atoms with Gasteiger partial charge in [-0.3, -0.25) is 15.1 Å². The first kappa shape index (κ1) is 14.5. The van der Waals surface area contributed by atoms with Crippen LogP contribution in [0.4, 0.5) is 9.93 Å². The van der Waals surface area contributed by atoms with E-state index in [1.807, 2.05) is 19.9 Å². The summed E-state index contributed by atoms with van der Waals surface area (Å²) in [5, 5.41) is 14.0. The van der Waals surface area contributed by atoms with Crippen LogP contribution in [0.25, 0.3) is 0 Å². The van der Waals surface area contributed by atoms with Crippen molar-refractivity contribution in [1.29, 1.82) is 5.26 Å². The van der Waals surface area contributed by atoms with Gasteiger partial charge in [0.2, 0.25) is 0 Å². The first-order chi connectivity index (χ1) is 9.60. The first-order valence-electron chi connectivity index (χ1n) is 5.80. The molecule has 1 N–H and O–H groups in total. The normalized spacial score (nSPS) is 10.1. The summed E-state index contributed by atoms with van der Waals surface area (Å²) >= 11 is 2.44. The number of aryl methyl sites for hydroxylation is 2. The average molecular weight is 304 g/mol. The van der Waals surface area contributed by atoms with E-state index in [0.29, 0.717) is 22.1 Å². The SMILES string of the molecule is Cc1cc(C)c(C#N)c(CSC(=O)Nc2nccs2)n1. The number of amides is 1. The van der Waals surface area contributed by atoms with E-state index in [2.05, 4.69) is 21.4 Å². The van der Waals surface area contributed by atoms with Gasteiger partial charge in [0.05, 0.1) is 11.3 Å². The number of aromatic nitrogens is 2. The fraction of sp³-hybridized carbons (Fsp3) is 0.231. The van der Waals surface area contributed by atoms with Crippen molar-refractivity contribution in [2.45, 2.75) is 19.6 Å². The molecule has 0 aliphatic carbocycles. The van der Waals surface area contributed by atoms with E-state index in [4.69, 9.17) is 5.26 Å². The minimum Gasteiger partial charge on any atom is -0.293 e. The van der Waals surface area contributed by atoms with Crippen LogP contribution in [-0.4, -0.2) is 15.2 Å². The third kappa shape index (κ3) is 3.56. The van der Waals surface area contributed by atoms with Gasteiger partial charge in [0.1, 0.15) is 6.07 Å². The average Bonchev–Trinajstić information content (AvgIpc) is 2.88. The topological polar surface area (TPSA) is 78.7 Å². The van der Waals surface area contributed by atoms with Crippen molar-refractivity contribution in [3.05, 3.63) is 40.2 Å². The molecular formula is C13H12N4OS2. The summed E-state index contributed by atoms with van der Waals surface area (Å²) in [7, 11) is 0. The summed E-state index contributed by atoms with van der Waals surface area (Å²) in [6, 6.07) is 4.01. The van der Waals surface area contributed by atoms with E-state index < -0.39 is 0 Å². The second-order valence-electron chi connectivity index (χ2n) is 4.05. The lowest BCUT2D eigenvalue weighted by Gasteiger charge is -2.07. The Bertz CT molecular complexity index is 662. The molecule has 0 saturated carbocycles. The predicted molar refractivity (Wildman–Crippen MR) is 80.9 cm³/mol. The number of carbonyl (C=O) groups is 1. The van der Waals surface area contributed by atoms with Crippen molar-refractivity contribution in [3.8, 4) is 6.07 Å². The lowest BCUT2D eigenvalue weighted by atomic mass is 10.1. The van der Waals surface area contributed by atoms with Crippen molar-refractivity contribution in [3.63, 3.8) is 0 Å². The molecule has 0 aliphatic heterocycles. The number of hydrogen-bond acceptors (Lipinski definition) is 6. The number of nitriles is 1. The highest BCUT2D eigenvalue weighted by Gasteiger charge is 2.11. The highest BCUT2D eigenvalue weighted by molar-refractivity contribution is 8.13. The minimum absolute atomic E-state index is 0.204. The molecule has 0 unspecified atom stereocenters. The highest BCUT2D eigenvalue weighted by Crippen LogP contribution is 2.21. The number of hydrogen-bond donors (Lipinski definition) is 1. The zero-order chi connectivity index (χ0) is 14.5. The third-order valence-electron chi connectivity index (χ3n) is 2.51. The number of carbonyl (C=O) groups excluding carboxylic acids is 1. The van der Waals surface area contributed by atoms with Crippen LogP contribution in [-0.2, 0) is 5.75 Å². The number of thiazole rings is 1. The van der Waals surface area contributed by atoms with Crippen LogP contribution in [0.1, 0.15) is 22.5 Å². The Balaban J connectivity index is 2.04. The van der Waals surface area contributed by atoms with Crippen LogP contribution in [0.15, 0.2) is 17.6 Å². The molecule has 7 heteroatoms. The fourth-order valence-electron chi connectivity index (χ4n) is 1.71. The van der Waals surface area contributed by atoms with Gasteiger partial charge in [0.15, 0.2) is 5.13 Å². The smallest absolute Gasteiger partial charge is 0.285 e. The summed E-state index contributed by atoms with van der Waals surface area (Å²) in [6.45, 7) is 3.75. The summed E-state index contributed by atoms with van der Waals surface area (Å²) in [6.07, 6.45) is 1.63. The first-order valence-corrected chi connectivity index (χ1v) is 7.67. The van der Waals surface area contributed by atoms with Gasteiger partial charge in [-0.05, 0) is 25.5 Å². The Morgan fingerprint density at radius 2 is 2.35 bits per heavy atom. The third-order valence-corrected chi connectivity index (χ3v) is 3.98. The van der Waals surface area contributed by atoms with Gasteiger partial charge in [0.25, 0.3) is 5.24 Å². The molecule has 0 spiro atoms. The molecular weight excluding hydrogens is 292 g/mol. The van der Waals surface area contributed by atoms with Crippen LogP contribution in [0.5, 0.6) is 0 Å². The molecule has 0 saturated heterocycles. The summed E-state index contributed by atoms with van der Waals surface area (Å²) < 4.78 is 0. The van der Waals surface area contributed by atoms with Crippen molar-refractivity contribution >= 4 is 33.5 Å². The second-order valence-corrected chi connectivity index (χ2v) is 5.90. The van der Waals surface area contributed by atoms with E-state index in [0.717, 1.165) is 23.0 Å². The van der Waals surface area contributed by atoms with Crippen molar-refractivity contribution in [1.82, 2.24) is 9.97 Å². The number of nitrogens with one attached hydrogen (secondary N) is 1. The van der Waals surface area contributed by atoms with Crippen LogP contribution >= 0.6 is 23.1 Å². The molecule has 0 aliphatic rings. The van der Waals surface area contributed by atoms with Gasteiger partial charge in [-0.2, -0.15) is 5.26 Å². The number of pyridine rings is 1. The van der Waals surface area contributed by atoms with Gasteiger partial charge < -0.3 is 0 Å². The molecule has 20 heavy (non-hydrogen) atoms. The van der Waals surface area contributed by atoms with Gasteiger partial charge >= 0.3 is 0 Å². The van der Waals surface area contributed by atoms with Gasteiger partial charge in [-0.25, -0.2) is 4.98 Å². The number of thioether (sulfide) groups is 1. The highest BCUT2D eigenvalue weighted by atomic mass is 32.2. The molecule has 1 amide bonds. The molecule has 5 nitrogen and oxygen atoms in total. The summed E-state index contributed by atoms with van der Waals surface area (Å²) in [4.78, 5) is 20.1. The quantitative estimate of drug-likeness (QED) is 0.939. The minimum atomic E-state index is -0.204. The standard InChI is InChI=1S/C13H12N4OS2/c1-8-5-9(2)16-11(10(8)6-14)7-20-13(18)17-12-15-3-4-19-12/h3-5H,7H2,1-2H3,(H,15,17,18). The van der Waals surface area contributed by atoms with E-state index in [9.17, 15) is 4.79 Å². The zero-order valence-corrected chi connectivity index (χ0v) is 12.6. The monoisotopic (exact) mass is 304 g/mol. The van der Waals surface area contributed by atoms with Gasteiger partial charge in [-0.1, -0.05) is 11.8 Å². The maximum Gasteiger partial charge on any atom is 0.285 e. The summed E-state index contributed by atoms with van der Waals surface area (Å²) in [5.41, 5.74) is 2.92. The van der Waals surface area contributed by atoms with Crippen LogP contribution < -0.4 is 5.32 Å². The molecule has 0 bridgehead atoms. The predicted octanol–water partition coefficient (Wildman–Crippen LogP) is 3.49. The molecule has 0 atom stereocenters. The van der Waals surface area contributed by atoms with E-state index >= 15 is 0 Å². The fourth-order valence-corrected chi connectivity index (χ4v) is 2.95. The molecule has 0 fully saturated rings. The van der Waals surface area contributed by atoms with Crippen LogP contribution in [0.2, 0.25) is 0 Å². The van der Waals surface area contributed by atoms with Crippen LogP contribution in [0, 0.1) is 25.2 Å². The Kier molecular flexibility index (Phi) is 4.71. The summed E-state index contributed by atoms with van der Waals surface area (Å²) in [5.74, 6) is 0.364. The van der Waals surface area contributed by atoms with E-state index in [-0.39, 0.29) is 5.24 Å². The molecule has 2 aromatic rings.